The van der Waals surface area contributed by atoms with Crippen LogP contribution in [-0.2, 0) is 0 Å². The van der Waals surface area contributed by atoms with Crippen LogP contribution in [0.3, 0.4) is 0 Å². The van der Waals surface area contributed by atoms with Crippen molar-refractivity contribution in [1.82, 2.24) is 9.99 Å². The fraction of sp³-hybridized carbons (Fsp3) is 0.0833. The molecule has 6 heteroatoms. The first kappa shape index (κ1) is 19.3. The minimum atomic E-state index is -0.337. The van der Waals surface area contributed by atoms with Crippen LogP contribution in [-0.4, -0.2) is 30.9 Å². The third-order valence-electron chi connectivity index (χ3n) is 4.81. The molecule has 0 fully saturated rings. The zero-order valence-corrected chi connectivity index (χ0v) is 16.7. The van der Waals surface area contributed by atoms with Gasteiger partial charge in [-0.1, -0.05) is 24.3 Å². The van der Waals surface area contributed by atoms with Crippen LogP contribution in [0.5, 0.6) is 11.5 Å². The van der Waals surface area contributed by atoms with E-state index in [1.807, 2.05) is 77.5 Å². The molecule has 1 amide bonds. The van der Waals surface area contributed by atoms with Crippen LogP contribution in [0, 0.1) is 0 Å². The highest BCUT2D eigenvalue weighted by molar-refractivity contribution is 6.01. The number of carbonyl (C=O) groups is 1. The van der Waals surface area contributed by atoms with Crippen molar-refractivity contribution in [3.8, 4) is 17.2 Å². The van der Waals surface area contributed by atoms with E-state index in [0.29, 0.717) is 11.3 Å². The lowest BCUT2D eigenvalue weighted by Crippen LogP contribution is -2.18. The standard InChI is InChI=1S/C24H21N3O3/c1-29-21-11-9-19(10-12-21)27-13-5-8-20(27)16-25-26-24(28)22-14-17-6-3-4-7-18(17)15-23(22)30-2/h3-16H,1-2H3,(H,26,28). The molecule has 0 atom stereocenters. The average molecular weight is 399 g/mol. The summed E-state index contributed by atoms with van der Waals surface area (Å²) in [5, 5.41) is 6.11. The van der Waals surface area contributed by atoms with Crippen molar-refractivity contribution in [3.63, 3.8) is 0 Å². The van der Waals surface area contributed by atoms with Gasteiger partial charge in [0.15, 0.2) is 0 Å². The maximum atomic E-state index is 12.7. The number of rotatable bonds is 6. The summed E-state index contributed by atoms with van der Waals surface area (Å²) in [4.78, 5) is 12.7. The second kappa shape index (κ2) is 8.53. The molecule has 0 aliphatic rings. The van der Waals surface area contributed by atoms with E-state index in [4.69, 9.17) is 9.47 Å². The van der Waals surface area contributed by atoms with Crippen LogP contribution >= 0.6 is 0 Å². The predicted molar refractivity (Wildman–Crippen MR) is 118 cm³/mol. The van der Waals surface area contributed by atoms with E-state index >= 15 is 0 Å². The third kappa shape index (κ3) is 3.89. The molecule has 6 nitrogen and oxygen atoms in total. The molecule has 3 aromatic carbocycles. The summed E-state index contributed by atoms with van der Waals surface area (Å²) in [7, 11) is 3.18. The molecule has 0 saturated heterocycles. The van der Waals surface area contributed by atoms with E-state index in [1.165, 1.54) is 0 Å². The van der Waals surface area contributed by atoms with Crippen LogP contribution in [0.2, 0.25) is 0 Å². The van der Waals surface area contributed by atoms with Gasteiger partial charge in [-0.2, -0.15) is 5.10 Å². The highest BCUT2D eigenvalue weighted by atomic mass is 16.5. The first-order valence-corrected chi connectivity index (χ1v) is 9.41. The van der Waals surface area contributed by atoms with Crippen molar-refractivity contribution in [3.05, 3.63) is 90.3 Å². The van der Waals surface area contributed by atoms with Crippen molar-refractivity contribution < 1.29 is 14.3 Å². The summed E-state index contributed by atoms with van der Waals surface area (Å²) in [6.45, 7) is 0. The number of amides is 1. The molecule has 0 bridgehead atoms. The SMILES string of the molecule is COc1ccc(-n2cccc2C=NNC(=O)c2cc3ccccc3cc2OC)cc1. The zero-order valence-electron chi connectivity index (χ0n) is 16.7. The minimum Gasteiger partial charge on any atom is -0.497 e. The fourth-order valence-electron chi connectivity index (χ4n) is 3.26. The van der Waals surface area contributed by atoms with Gasteiger partial charge in [0, 0.05) is 11.9 Å². The summed E-state index contributed by atoms with van der Waals surface area (Å²) >= 11 is 0. The van der Waals surface area contributed by atoms with Gasteiger partial charge in [0.05, 0.1) is 31.7 Å². The number of aromatic nitrogens is 1. The topological polar surface area (TPSA) is 64.8 Å². The van der Waals surface area contributed by atoms with Crippen molar-refractivity contribution >= 4 is 22.9 Å². The van der Waals surface area contributed by atoms with Crippen molar-refractivity contribution in [2.75, 3.05) is 14.2 Å². The van der Waals surface area contributed by atoms with Gasteiger partial charge in [-0.05, 0) is 59.3 Å². The number of carbonyl (C=O) groups excluding carboxylic acids is 1. The second-order valence-electron chi connectivity index (χ2n) is 6.60. The van der Waals surface area contributed by atoms with E-state index in [1.54, 1.807) is 26.5 Å². The Morgan fingerprint density at radius 2 is 1.67 bits per heavy atom. The molecule has 1 heterocycles. The summed E-state index contributed by atoms with van der Waals surface area (Å²) in [6.07, 6.45) is 3.53. The van der Waals surface area contributed by atoms with Gasteiger partial charge in [-0.3, -0.25) is 4.79 Å². The highest BCUT2D eigenvalue weighted by Crippen LogP contribution is 2.26. The van der Waals surface area contributed by atoms with E-state index in [2.05, 4.69) is 10.5 Å². The van der Waals surface area contributed by atoms with Crippen molar-refractivity contribution in [2.45, 2.75) is 0 Å². The molecule has 0 unspecified atom stereocenters. The monoisotopic (exact) mass is 399 g/mol. The number of hydrogen-bond acceptors (Lipinski definition) is 4. The number of hydrazone groups is 1. The Hall–Kier alpha value is -4.06. The first-order valence-electron chi connectivity index (χ1n) is 9.41. The quantitative estimate of drug-likeness (QED) is 0.386. The van der Waals surface area contributed by atoms with Gasteiger partial charge in [0.1, 0.15) is 11.5 Å². The third-order valence-corrected chi connectivity index (χ3v) is 4.81. The lowest BCUT2D eigenvalue weighted by atomic mass is 10.1. The van der Waals surface area contributed by atoms with Crippen LogP contribution in [0.25, 0.3) is 16.5 Å². The summed E-state index contributed by atoms with van der Waals surface area (Å²) < 4.78 is 12.6. The van der Waals surface area contributed by atoms with Crippen molar-refractivity contribution in [1.29, 1.82) is 0 Å². The Morgan fingerprint density at radius 3 is 2.37 bits per heavy atom. The Labute approximate surface area is 174 Å². The van der Waals surface area contributed by atoms with Gasteiger partial charge in [0.25, 0.3) is 5.91 Å². The molecule has 0 radical (unpaired) electrons. The Morgan fingerprint density at radius 1 is 0.933 bits per heavy atom. The van der Waals surface area contributed by atoms with Gasteiger partial charge in [-0.15, -0.1) is 0 Å². The lowest BCUT2D eigenvalue weighted by molar-refractivity contribution is 0.0952. The van der Waals surface area contributed by atoms with E-state index < -0.39 is 0 Å². The molecule has 150 valence electrons. The lowest BCUT2D eigenvalue weighted by Gasteiger charge is -2.09. The van der Waals surface area contributed by atoms with E-state index in [-0.39, 0.29) is 5.91 Å². The number of fused-ring (bicyclic) bond motifs is 1. The van der Waals surface area contributed by atoms with E-state index in [9.17, 15) is 4.79 Å². The zero-order chi connectivity index (χ0) is 20.9. The molecular formula is C24H21N3O3. The number of benzene rings is 3. The summed E-state index contributed by atoms with van der Waals surface area (Å²) in [6, 6.07) is 23.0. The first-order chi connectivity index (χ1) is 14.7. The molecule has 0 aliphatic heterocycles. The normalized spacial score (nSPS) is 11.0. The molecular weight excluding hydrogens is 378 g/mol. The Balaban J connectivity index is 1.53. The van der Waals surface area contributed by atoms with E-state index in [0.717, 1.165) is 27.9 Å². The van der Waals surface area contributed by atoms with Crippen LogP contribution in [0.15, 0.2) is 84.1 Å². The molecule has 4 rings (SSSR count). The molecule has 0 spiro atoms. The molecule has 30 heavy (non-hydrogen) atoms. The van der Waals surface area contributed by atoms with Gasteiger partial charge >= 0.3 is 0 Å². The molecule has 0 aliphatic carbocycles. The maximum Gasteiger partial charge on any atom is 0.275 e. The van der Waals surface area contributed by atoms with Crippen LogP contribution < -0.4 is 14.9 Å². The minimum absolute atomic E-state index is 0.337. The summed E-state index contributed by atoms with van der Waals surface area (Å²) in [5.74, 6) is 0.956. The number of nitrogens with one attached hydrogen (secondary N) is 1. The second-order valence-corrected chi connectivity index (χ2v) is 6.60. The molecule has 4 aromatic rings. The fourth-order valence-corrected chi connectivity index (χ4v) is 3.26. The average Bonchev–Trinajstić information content (AvgIpc) is 3.26. The number of nitrogens with zero attached hydrogens (tertiary/aromatic N) is 2. The molecule has 0 saturated carbocycles. The van der Waals surface area contributed by atoms with Gasteiger partial charge in [-0.25, -0.2) is 5.43 Å². The smallest absolute Gasteiger partial charge is 0.275 e. The van der Waals surface area contributed by atoms with Crippen LogP contribution in [0.4, 0.5) is 0 Å². The maximum absolute atomic E-state index is 12.7. The Bertz CT molecular complexity index is 1210. The molecule has 1 aromatic heterocycles. The number of methoxy groups -OCH3 is 2. The van der Waals surface area contributed by atoms with Gasteiger partial charge in [0.2, 0.25) is 0 Å². The number of ether oxygens (including phenoxy) is 2. The Kier molecular flexibility index (Phi) is 5.48. The van der Waals surface area contributed by atoms with Crippen LogP contribution in [0.1, 0.15) is 16.1 Å². The van der Waals surface area contributed by atoms with Gasteiger partial charge < -0.3 is 14.0 Å². The predicted octanol–water partition coefficient (Wildman–Crippen LogP) is 4.41. The van der Waals surface area contributed by atoms with Crippen molar-refractivity contribution in [2.24, 2.45) is 5.10 Å². The largest absolute Gasteiger partial charge is 0.497 e. The summed E-state index contributed by atoms with van der Waals surface area (Å²) in [5.41, 5.74) is 4.81. The highest BCUT2D eigenvalue weighted by Gasteiger charge is 2.13. The number of hydrogen-bond donors (Lipinski definition) is 1. The molecule has 1 N–H and O–H groups in total.